The van der Waals surface area contributed by atoms with Gasteiger partial charge in [0.2, 0.25) is 5.91 Å². The Balaban J connectivity index is 1.64. The summed E-state index contributed by atoms with van der Waals surface area (Å²) in [5.74, 6) is 0.734. The molecule has 0 bridgehead atoms. The zero-order valence-corrected chi connectivity index (χ0v) is 16.4. The molecule has 3 aromatic heterocycles. The summed E-state index contributed by atoms with van der Waals surface area (Å²) in [6.07, 6.45) is 5.09. The Morgan fingerprint density at radius 3 is 2.93 bits per heavy atom. The van der Waals surface area contributed by atoms with E-state index in [-0.39, 0.29) is 24.1 Å². The Labute approximate surface area is 160 Å². The van der Waals surface area contributed by atoms with Crippen molar-refractivity contribution >= 4 is 27.5 Å². The fourth-order valence-electron chi connectivity index (χ4n) is 3.55. The monoisotopic (exact) mass is 386 g/mol. The zero-order valence-electron chi connectivity index (χ0n) is 15.6. The van der Waals surface area contributed by atoms with E-state index in [9.17, 15) is 9.59 Å². The minimum atomic E-state index is -0.154. The lowest BCUT2D eigenvalue weighted by atomic mass is 10.1. The number of aromatic nitrogens is 4. The van der Waals surface area contributed by atoms with Gasteiger partial charge in [-0.3, -0.25) is 14.2 Å². The van der Waals surface area contributed by atoms with Crippen LogP contribution in [0.4, 0.5) is 0 Å². The minimum Gasteiger partial charge on any atom is -0.336 e. The molecular weight excluding hydrogens is 364 g/mol. The Bertz CT molecular complexity index is 1070. The van der Waals surface area contributed by atoms with E-state index in [1.807, 2.05) is 31.7 Å². The SMILES string of the molecule is Cc1sc2ncn(CC(=O)N3CCNCC3c3nccn3C)c(=O)c2c1C. The molecule has 142 valence electrons. The maximum atomic E-state index is 13.0. The van der Waals surface area contributed by atoms with Crippen LogP contribution in [0.2, 0.25) is 0 Å². The highest BCUT2D eigenvalue weighted by Gasteiger charge is 2.30. The highest BCUT2D eigenvalue weighted by molar-refractivity contribution is 7.18. The lowest BCUT2D eigenvalue weighted by Crippen LogP contribution is -2.50. The second-order valence-electron chi connectivity index (χ2n) is 6.84. The summed E-state index contributed by atoms with van der Waals surface area (Å²) in [6.45, 7) is 5.84. The van der Waals surface area contributed by atoms with Gasteiger partial charge in [0.1, 0.15) is 23.2 Å². The number of rotatable bonds is 3. The molecule has 1 unspecified atom stereocenters. The summed E-state index contributed by atoms with van der Waals surface area (Å²) in [7, 11) is 1.92. The number of carbonyl (C=O) groups excluding carboxylic acids is 1. The van der Waals surface area contributed by atoms with Crippen LogP contribution in [-0.2, 0) is 18.4 Å². The number of amides is 1. The lowest BCUT2D eigenvalue weighted by molar-refractivity contribution is -0.135. The molecule has 27 heavy (non-hydrogen) atoms. The third kappa shape index (κ3) is 3.06. The van der Waals surface area contributed by atoms with Gasteiger partial charge < -0.3 is 14.8 Å². The molecule has 9 heteroatoms. The summed E-state index contributed by atoms with van der Waals surface area (Å²) in [5, 5.41) is 3.94. The average molecular weight is 386 g/mol. The molecule has 4 rings (SSSR count). The standard InChI is InChI=1S/C18H22N6O2S/c1-11-12(2)27-17-15(11)18(26)23(10-21-17)9-14(25)24-7-4-19-8-13(24)16-20-5-6-22(16)3/h5-6,10,13,19H,4,7-9H2,1-3H3. The van der Waals surface area contributed by atoms with Crippen molar-refractivity contribution in [3.63, 3.8) is 0 Å². The van der Waals surface area contributed by atoms with Crippen LogP contribution < -0.4 is 10.9 Å². The first-order chi connectivity index (χ1) is 13.0. The van der Waals surface area contributed by atoms with Crippen molar-refractivity contribution < 1.29 is 4.79 Å². The van der Waals surface area contributed by atoms with E-state index in [1.54, 1.807) is 11.1 Å². The number of aryl methyl sites for hydroxylation is 3. The molecule has 3 aromatic rings. The van der Waals surface area contributed by atoms with Crippen LogP contribution in [-0.4, -0.2) is 49.5 Å². The number of piperazine rings is 1. The molecular formula is C18H22N6O2S. The molecule has 0 aromatic carbocycles. The van der Waals surface area contributed by atoms with Gasteiger partial charge in [0, 0.05) is 44.0 Å². The highest BCUT2D eigenvalue weighted by atomic mass is 32.1. The van der Waals surface area contributed by atoms with Crippen LogP contribution in [0.15, 0.2) is 23.5 Å². The first kappa shape index (κ1) is 17.9. The van der Waals surface area contributed by atoms with Gasteiger partial charge in [0.05, 0.1) is 11.7 Å². The Kier molecular flexibility index (Phi) is 4.56. The van der Waals surface area contributed by atoms with Crippen LogP contribution in [0.5, 0.6) is 0 Å². The fraction of sp³-hybridized carbons (Fsp3) is 0.444. The molecule has 0 radical (unpaired) electrons. The number of imidazole rings is 1. The van der Waals surface area contributed by atoms with Crippen LogP contribution >= 0.6 is 11.3 Å². The summed E-state index contributed by atoms with van der Waals surface area (Å²) in [6, 6.07) is -0.149. The van der Waals surface area contributed by atoms with E-state index in [0.717, 1.165) is 27.6 Å². The number of hydrogen-bond donors (Lipinski definition) is 1. The van der Waals surface area contributed by atoms with Crippen molar-refractivity contribution in [3.05, 3.63) is 45.3 Å². The third-order valence-corrected chi connectivity index (χ3v) is 6.30. The van der Waals surface area contributed by atoms with Gasteiger partial charge in [-0.05, 0) is 19.4 Å². The number of hydrogen-bond acceptors (Lipinski definition) is 6. The summed E-state index contributed by atoms with van der Waals surface area (Å²) >= 11 is 1.51. The molecule has 0 saturated carbocycles. The van der Waals surface area contributed by atoms with Crippen molar-refractivity contribution in [1.82, 2.24) is 29.3 Å². The summed E-state index contributed by atoms with van der Waals surface area (Å²) in [5.41, 5.74) is 0.793. The molecule has 8 nitrogen and oxygen atoms in total. The van der Waals surface area contributed by atoms with Gasteiger partial charge in [-0.1, -0.05) is 0 Å². The average Bonchev–Trinajstić information content (AvgIpc) is 3.21. The van der Waals surface area contributed by atoms with Gasteiger partial charge in [-0.15, -0.1) is 11.3 Å². The Morgan fingerprint density at radius 2 is 2.19 bits per heavy atom. The number of carbonyl (C=O) groups is 1. The highest BCUT2D eigenvalue weighted by Crippen LogP contribution is 2.25. The number of nitrogens with one attached hydrogen (secondary N) is 1. The predicted molar refractivity (Wildman–Crippen MR) is 104 cm³/mol. The molecule has 1 saturated heterocycles. The normalized spacial score (nSPS) is 17.6. The van der Waals surface area contributed by atoms with Crippen LogP contribution in [0.3, 0.4) is 0 Å². The van der Waals surface area contributed by atoms with Crippen molar-refractivity contribution in [2.75, 3.05) is 19.6 Å². The van der Waals surface area contributed by atoms with Gasteiger partial charge in [-0.25, -0.2) is 9.97 Å². The van der Waals surface area contributed by atoms with E-state index in [2.05, 4.69) is 15.3 Å². The van der Waals surface area contributed by atoms with E-state index in [0.29, 0.717) is 18.5 Å². The molecule has 1 N–H and O–H groups in total. The predicted octanol–water partition coefficient (Wildman–Crippen LogP) is 0.981. The summed E-state index contributed by atoms with van der Waals surface area (Å²) < 4.78 is 3.34. The molecule has 1 fully saturated rings. The number of thiophene rings is 1. The van der Waals surface area contributed by atoms with Gasteiger partial charge >= 0.3 is 0 Å². The lowest BCUT2D eigenvalue weighted by Gasteiger charge is -2.35. The van der Waals surface area contributed by atoms with E-state index in [4.69, 9.17) is 0 Å². The number of fused-ring (bicyclic) bond motifs is 1. The van der Waals surface area contributed by atoms with Gasteiger partial charge in [0.25, 0.3) is 5.56 Å². The largest absolute Gasteiger partial charge is 0.336 e. The molecule has 1 atom stereocenters. The third-order valence-electron chi connectivity index (χ3n) is 5.18. The van der Waals surface area contributed by atoms with Crippen molar-refractivity contribution in [3.8, 4) is 0 Å². The van der Waals surface area contributed by atoms with E-state index in [1.165, 1.54) is 22.2 Å². The van der Waals surface area contributed by atoms with E-state index >= 15 is 0 Å². The molecule has 1 aliphatic rings. The first-order valence-corrected chi connectivity index (χ1v) is 9.71. The Morgan fingerprint density at radius 1 is 1.37 bits per heavy atom. The van der Waals surface area contributed by atoms with Crippen molar-refractivity contribution in [1.29, 1.82) is 0 Å². The second kappa shape index (κ2) is 6.90. The van der Waals surface area contributed by atoms with Gasteiger partial charge in [0.15, 0.2) is 0 Å². The van der Waals surface area contributed by atoms with Crippen LogP contribution in [0, 0.1) is 13.8 Å². The molecule has 0 spiro atoms. The molecule has 1 aliphatic heterocycles. The quantitative estimate of drug-likeness (QED) is 0.725. The van der Waals surface area contributed by atoms with E-state index < -0.39 is 0 Å². The molecule has 1 amide bonds. The van der Waals surface area contributed by atoms with Crippen LogP contribution in [0.25, 0.3) is 10.2 Å². The molecule has 0 aliphatic carbocycles. The fourth-order valence-corrected chi connectivity index (χ4v) is 4.54. The second-order valence-corrected chi connectivity index (χ2v) is 8.05. The summed E-state index contributed by atoms with van der Waals surface area (Å²) in [4.78, 5) is 38.3. The molecule has 4 heterocycles. The van der Waals surface area contributed by atoms with Crippen molar-refractivity contribution in [2.24, 2.45) is 7.05 Å². The Hall–Kier alpha value is -2.52. The maximum Gasteiger partial charge on any atom is 0.262 e. The topological polar surface area (TPSA) is 85.1 Å². The van der Waals surface area contributed by atoms with Crippen LogP contribution in [0.1, 0.15) is 22.3 Å². The smallest absolute Gasteiger partial charge is 0.262 e. The van der Waals surface area contributed by atoms with Crippen molar-refractivity contribution in [2.45, 2.75) is 26.4 Å². The maximum absolute atomic E-state index is 13.0. The number of nitrogens with zero attached hydrogens (tertiary/aromatic N) is 5. The first-order valence-electron chi connectivity index (χ1n) is 8.90. The van der Waals surface area contributed by atoms with Gasteiger partial charge in [-0.2, -0.15) is 0 Å². The minimum absolute atomic E-state index is 0.0168. The zero-order chi connectivity index (χ0) is 19.1.